The van der Waals surface area contributed by atoms with Crippen LogP contribution in [0, 0.1) is 19.7 Å². The molecule has 0 atom stereocenters. The van der Waals surface area contributed by atoms with E-state index in [-0.39, 0.29) is 18.1 Å². The Morgan fingerprint density at radius 2 is 1.95 bits per heavy atom. The van der Waals surface area contributed by atoms with Gasteiger partial charge in [0.2, 0.25) is 5.91 Å². The molecule has 1 heterocycles. The predicted molar refractivity (Wildman–Crippen MR) is 75.1 cm³/mol. The molecule has 0 radical (unpaired) electrons. The average Bonchev–Trinajstić information content (AvgIpc) is 2.71. The van der Waals surface area contributed by atoms with Gasteiger partial charge < -0.3 is 0 Å². The third-order valence-corrected chi connectivity index (χ3v) is 4.10. The number of amides is 1. The fourth-order valence-corrected chi connectivity index (χ4v) is 2.49. The number of carbonyl (C=O) groups excluding carboxylic acids is 1. The fourth-order valence-electron chi connectivity index (χ4n) is 1.60. The van der Waals surface area contributed by atoms with Crippen molar-refractivity contribution < 1.29 is 9.18 Å². The lowest BCUT2D eigenvalue weighted by Gasteiger charge is -2.13. The van der Waals surface area contributed by atoms with Gasteiger partial charge in [-0.05, 0) is 31.5 Å². The zero-order valence-corrected chi connectivity index (χ0v) is 11.9. The maximum absolute atomic E-state index is 12.8. The number of carbonyl (C=O) groups is 1. The highest BCUT2D eigenvalue weighted by Gasteiger charge is 2.15. The molecule has 0 bridgehead atoms. The van der Waals surface area contributed by atoms with Crippen LogP contribution in [0.2, 0.25) is 0 Å². The van der Waals surface area contributed by atoms with Gasteiger partial charge in [-0.3, -0.25) is 9.69 Å². The highest BCUT2D eigenvalue weighted by atomic mass is 32.1. The number of halogens is 1. The first-order chi connectivity index (χ1) is 8.97. The zero-order valence-electron chi connectivity index (χ0n) is 11.1. The van der Waals surface area contributed by atoms with E-state index in [0.717, 1.165) is 16.1 Å². The van der Waals surface area contributed by atoms with Gasteiger partial charge in [0.1, 0.15) is 5.82 Å². The molecule has 1 aromatic heterocycles. The molecule has 2 rings (SSSR count). The van der Waals surface area contributed by atoms with Crippen LogP contribution in [-0.2, 0) is 11.2 Å². The van der Waals surface area contributed by atoms with Crippen LogP contribution in [0.25, 0.3) is 0 Å². The van der Waals surface area contributed by atoms with Crippen molar-refractivity contribution in [3.63, 3.8) is 0 Å². The number of anilines is 1. The van der Waals surface area contributed by atoms with Crippen LogP contribution in [-0.4, -0.2) is 17.9 Å². The molecule has 19 heavy (non-hydrogen) atoms. The molecule has 1 amide bonds. The van der Waals surface area contributed by atoms with Crippen LogP contribution in [0.15, 0.2) is 24.3 Å². The minimum absolute atomic E-state index is 0.0552. The molecule has 0 spiro atoms. The summed E-state index contributed by atoms with van der Waals surface area (Å²) in [6.45, 7) is 3.91. The number of thiazole rings is 1. The van der Waals surface area contributed by atoms with Crippen LogP contribution < -0.4 is 4.90 Å². The first-order valence-corrected chi connectivity index (χ1v) is 6.74. The number of rotatable bonds is 3. The van der Waals surface area contributed by atoms with Gasteiger partial charge in [0.05, 0.1) is 12.1 Å². The van der Waals surface area contributed by atoms with E-state index in [9.17, 15) is 9.18 Å². The maximum atomic E-state index is 12.8. The molecule has 100 valence electrons. The molecule has 0 saturated carbocycles. The predicted octanol–water partition coefficient (Wildman–Crippen LogP) is 3.10. The van der Waals surface area contributed by atoms with Gasteiger partial charge in [-0.15, -0.1) is 11.3 Å². The monoisotopic (exact) mass is 278 g/mol. The second-order valence-electron chi connectivity index (χ2n) is 4.39. The van der Waals surface area contributed by atoms with Crippen molar-refractivity contribution in [2.45, 2.75) is 20.3 Å². The maximum Gasteiger partial charge on any atom is 0.232 e. The Morgan fingerprint density at radius 1 is 1.32 bits per heavy atom. The molecule has 0 aliphatic rings. The van der Waals surface area contributed by atoms with Gasteiger partial charge in [0.15, 0.2) is 5.13 Å². The Hall–Kier alpha value is -1.75. The number of hydrogen-bond donors (Lipinski definition) is 0. The molecule has 1 aromatic carbocycles. The largest absolute Gasteiger partial charge is 0.291 e. The highest BCUT2D eigenvalue weighted by Crippen LogP contribution is 2.24. The first kappa shape index (κ1) is 13.7. The fraction of sp³-hybridized carbons (Fsp3) is 0.286. The molecule has 2 aromatic rings. The second-order valence-corrected chi connectivity index (χ2v) is 5.58. The first-order valence-electron chi connectivity index (χ1n) is 5.92. The van der Waals surface area contributed by atoms with Crippen LogP contribution in [0.3, 0.4) is 0 Å². The van der Waals surface area contributed by atoms with Crippen molar-refractivity contribution >= 4 is 22.4 Å². The lowest BCUT2D eigenvalue weighted by Crippen LogP contribution is -2.27. The average molecular weight is 278 g/mol. The number of aromatic nitrogens is 1. The molecule has 5 heteroatoms. The summed E-state index contributed by atoms with van der Waals surface area (Å²) < 4.78 is 12.8. The normalized spacial score (nSPS) is 10.5. The van der Waals surface area contributed by atoms with E-state index >= 15 is 0 Å². The number of aryl methyl sites for hydroxylation is 2. The topological polar surface area (TPSA) is 33.2 Å². The second kappa shape index (κ2) is 5.48. The van der Waals surface area contributed by atoms with E-state index < -0.39 is 0 Å². The summed E-state index contributed by atoms with van der Waals surface area (Å²) in [5.41, 5.74) is 1.74. The van der Waals surface area contributed by atoms with Gasteiger partial charge in [0.25, 0.3) is 0 Å². The van der Waals surface area contributed by atoms with Crippen molar-refractivity contribution in [2.24, 2.45) is 0 Å². The molecule has 0 saturated heterocycles. The van der Waals surface area contributed by atoms with E-state index in [4.69, 9.17) is 0 Å². The third kappa shape index (κ3) is 3.17. The number of likely N-dealkylation sites (N-methyl/N-ethyl adjacent to an activating group) is 1. The summed E-state index contributed by atoms with van der Waals surface area (Å²) in [5.74, 6) is -0.351. The molecule has 0 fully saturated rings. The quantitative estimate of drug-likeness (QED) is 0.864. The molecular weight excluding hydrogens is 263 g/mol. The van der Waals surface area contributed by atoms with Gasteiger partial charge in [-0.25, -0.2) is 9.37 Å². The summed E-state index contributed by atoms with van der Waals surface area (Å²) in [5, 5.41) is 0.696. The smallest absolute Gasteiger partial charge is 0.232 e. The number of nitrogens with zero attached hydrogens (tertiary/aromatic N) is 2. The van der Waals surface area contributed by atoms with Crippen molar-refractivity contribution in [2.75, 3.05) is 11.9 Å². The lowest BCUT2D eigenvalue weighted by molar-refractivity contribution is -0.117. The number of hydrogen-bond acceptors (Lipinski definition) is 3. The van der Waals surface area contributed by atoms with Crippen molar-refractivity contribution in [1.29, 1.82) is 0 Å². The lowest BCUT2D eigenvalue weighted by atomic mass is 10.1. The van der Waals surface area contributed by atoms with E-state index in [2.05, 4.69) is 4.98 Å². The van der Waals surface area contributed by atoms with Gasteiger partial charge in [-0.1, -0.05) is 12.1 Å². The molecular formula is C14H15FN2OS. The minimum Gasteiger partial charge on any atom is -0.291 e. The Kier molecular flexibility index (Phi) is 3.95. The van der Waals surface area contributed by atoms with Crippen LogP contribution >= 0.6 is 11.3 Å². The highest BCUT2D eigenvalue weighted by molar-refractivity contribution is 7.15. The van der Waals surface area contributed by atoms with Crippen molar-refractivity contribution in [3.05, 3.63) is 46.2 Å². The summed E-state index contributed by atoms with van der Waals surface area (Å²) in [4.78, 5) is 19.1. The van der Waals surface area contributed by atoms with Gasteiger partial charge in [0, 0.05) is 11.9 Å². The van der Waals surface area contributed by atoms with Crippen LogP contribution in [0.1, 0.15) is 16.1 Å². The van der Waals surface area contributed by atoms with E-state index in [1.807, 2.05) is 13.8 Å². The van der Waals surface area contributed by atoms with Crippen molar-refractivity contribution in [1.82, 2.24) is 4.98 Å². The Labute approximate surface area is 115 Å². The molecule has 0 N–H and O–H groups in total. The van der Waals surface area contributed by atoms with Gasteiger partial charge >= 0.3 is 0 Å². The van der Waals surface area contributed by atoms with Gasteiger partial charge in [-0.2, -0.15) is 0 Å². The molecule has 3 nitrogen and oxygen atoms in total. The summed E-state index contributed by atoms with van der Waals surface area (Å²) >= 11 is 1.50. The SMILES string of the molecule is Cc1nc(N(C)C(=O)Cc2ccc(F)cc2)sc1C. The van der Waals surface area contributed by atoms with Crippen molar-refractivity contribution in [3.8, 4) is 0 Å². The number of benzene rings is 1. The Morgan fingerprint density at radius 3 is 2.47 bits per heavy atom. The molecule has 0 aliphatic heterocycles. The van der Waals surface area contributed by atoms with Crippen LogP contribution in [0.4, 0.5) is 9.52 Å². The van der Waals surface area contributed by atoms with E-state index in [0.29, 0.717) is 5.13 Å². The Bertz CT molecular complexity index is 572. The molecule has 0 unspecified atom stereocenters. The molecule has 0 aliphatic carbocycles. The summed E-state index contributed by atoms with van der Waals surface area (Å²) in [7, 11) is 1.71. The van der Waals surface area contributed by atoms with E-state index in [1.54, 1.807) is 24.1 Å². The third-order valence-electron chi connectivity index (χ3n) is 2.95. The zero-order chi connectivity index (χ0) is 14.0. The van der Waals surface area contributed by atoms with E-state index in [1.165, 1.54) is 23.5 Å². The standard InChI is InChI=1S/C14H15FN2OS/c1-9-10(2)19-14(16-9)17(3)13(18)8-11-4-6-12(15)7-5-11/h4-7H,8H2,1-3H3. The summed E-state index contributed by atoms with van der Waals surface area (Å²) in [6, 6.07) is 5.97. The Balaban J connectivity index is 2.09. The van der Waals surface area contributed by atoms with Crippen LogP contribution in [0.5, 0.6) is 0 Å². The minimum atomic E-state index is -0.296. The summed E-state index contributed by atoms with van der Waals surface area (Å²) in [6.07, 6.45) is 0.244.